The molecule has 0 unspecified atom stereocenters. The summed E-state index contributed by atoms with van der Waals surface area (Å²) in [6.07, 6.45) is 5.37. The van der Waals surface area contributed by atoms with E-state index in [2.05, 4.69) is 27.7 Å². The van der Waals surface area contributed by atoms with Crippen LogP contribution in [0.25, 0.3) is 6.08 Å². The van der Waals surface area contributed by atoms with Gasteiger partial charge in [-0.2, -0.15) is 0 Å². The minimum absolute atomic E-state index is 0.173. The first-order chi connectivity index (χ1) is 15.4. The molecule has 0 aromatic heterocycles. The number of imide groups is 1. The number of hydrogen-bond acceptors (Lipinski definition) is 4. The number of hydrogen-bond donors (Lipinski definition) is 2. The van der Waals surface area contributed by atoms with Crippen LogP contribution in [0.5, 0.6) is 0 Å². The van der Waals surface area contributed by atoms with Crippen molar-refractivity contribution in [2.75, 3.05) is 29.9 Å². The molecule has 2 N–H and O–H groups in total. The van der Waals surface area contributed by atoms with Crippen LogP contribution in [0.1, 0.15) is 36.0 Å². The quantitative estimate of drug-likeness (QED) is 0.556. The number of aryl methyl sites for hydroxylation is 2. The lowest BCUT2D eigenvalue weighted by atomic mass is 10.0. The van der Waals surface area contributed by atoms with Crippen LogP contribution >= 0.6 is 0 Å². The van der Waals surface area contributed by atoms with Crippen molar-refractivity contribution in [1.29, 1.82) is 0 Å². The molecule has 4 rings (SSSR count). The van der Waals surface area contributed by atoms with Gasteiger partial charge in [0.05, 0.1) is 0 Å². The monoisotopic (exact) mass is 432 g/mol. The largest absolute Gasteiger partial charge is 0.372 e. The van der Waals surface area contributed by atoms with Crippen molar-refractivity contribution in [2.45, 2.75) is 33.1 Å². The highest BCUT2D eigenvalue weighted by molar-refractivity contribution is 6.16. The van der Waals surface area contributed by atoms with Crippen LogP contribution < -0.4 is 15.5 Å². The van der Waals surface area contributed by atoms with Gasteiger partial charge in [0.2, 0.25) is 5.91 Å². The van der Waals surface area contributed by atoms with Crippen molar-refractivity contribution in [1.82, 2.24) is 10.2 Å². The van der Waals surface area contributed by atoms with Gasteiger partial charge >= 0.3 is 6.03 Å². The lowest BCUT2D eigenvalue weighted by Gasteiger charge is -2.29. The first kappa shape index (κ1) is 21.6. The predicted octanol–water partition coefficient (Wildman–Crippen LogP) is 3.83. The lowest BCUT2D eigenvalue weighted by Crippen LogP contribution is -2.38. The molecule has 7 heteroatoms. The molecule has 0 saturated carbocycles. The average Bonchev–Trinajstić information content (AvgIpc) is 3.04. The molecule has 32 heavy (non-hydrogen) atoms. The van der Waals surface area contributed by atoms with Crippen molar-refractivity contribution in [3.05, 3.63) is 64.9 Å². The number of carbonyl (C=O) groups is 3. The molecule has 2 fully saturated rings. The molecule has 2 aliphatic rings. The van der Waals surface area contributed by atoms with Gasteiger partial charge in [-0.3, -0.25) is 9.59 Å². The molecule has 0 atom stereocenters. The zero-order valence-electron chi connectivity index (χ0n) is 18.5. The Morgan fingerprint density at radius 3 is 2.44 bits per heavy atom. The summed E-state index contributed by atoms with van der Waals surface area (Å²) in [7, 11) is 0. The van der Waals surface area contributed by atoms with Gasteiger partial charge in [0, 0.05) is 24.5 Å². The second kappa shape index (κ2) is 9.26. The van der Waals surface area contributed by atoms with E-state index >= 15 is 0 Å². The number of benzene rings is 2. The van der Waals surface area contributed by atoms with Crippen molar-refractivity contribution in [3.8, 4) is 0 Å². The van der Waals surface area contributed by atoms with Crippen molar-refractivity contribution in [2.24, 2.45) is 0 Å². The third kappa shape index (κ3) is 4.82. The van der Waals surface area contributed by atoms with Crippen LogP contribution in [0.4, 0.5) is 16.2 Å². The Morgan fingerprint density at radius 1 is 1.03 bits per heavy atom. The Kier molecular flexibility index (Phi) is 6.25. The Hall–Kier alpha value is -3.61. The molecule has 166 valence electrons. The summed E-state index contributed by atoms with van der Waals surface area (Å²) in [6.45, 7) is 5.73. The van der Waals surface area contributed by atoms with Gasteiger partial charge in [0.15, 0.2) is 0 Å². The van der Waals surface area contributed by atoms with E-state index in [1.165, 1.54) is 24.9 Å². The Bertz CT molecular complexity index is 1070. The molecular formula is C25H28N4O3. The number of urea groups is 1. The van der Waals surface area contributed by atoms with Crippen LogP contribution in [0.3, 0.4) is 0 Å². The molecule has 0 aliphatic carbocycles. The third-order valence-corrected chi connectivity index (χ3v) is 5.87. The van der Waals surface area contributed by atoms with Crippen LogP contribution in [-0.4, -0.2) is 42.4 Å². The minimum atomic E-state index is -0.595. The summed E-state index contributed by atoms with van der Waals surface area (Å²) in [5.41, 5.74) is 4.94. The lowest BCUT2D eigenvalue weighted by molar-refractivity contribution is -0.127. The van der Waals surface area contributed by atoms with E-state index < -0.39 is 17.8 Å². The number of nitrogens with one attached hydrogen (secondary N) is 2. The fourth-order valence-corrected chi connectivity index (χ4v) is 4.02. The summed E-state index contributed by atoms with van der Waals surface area (Å²) < 4.78 is 0. The maximum atomic E-state index is 12.8. The maximum absolute atomic E-state index is 12.8. The van der Waals surface area contributed by atoms with Crippen LogP contribution in [0, 0.1) is 13.8 Å². The van der Waals surface area contributed by atoms with Crippen molar-refractivity contribution < 1.29 is 14.4 Å². The average molecular weight is 433 g/mol. The number of amides is 4. The maximum Gasteiger partial charge on any atom is 0.329 e. The Balaban J connectivity index is 1.43. The van der Waals surface area contributed by atoms with E-state index in [1.807, 2.05) is 32.0 Å². The van der Waals surface area contributed by atoms with Crippen LogP contribution in [-0.2, 0) is 9.59 Å². The smallest absolute Gasteiger partial charge is 0.329 e. The van der Waals surface area contributed by atoms with E-state index in [1.54, 1.807) is 18.2 Å². The Labute approximate surface area is 188 Å². The van der Waals surface area contributed by atoms with Gasteiger partial charge in [-0.15, -0.1) is 0 Å². The van der Waals surface area contributed by atoms with Gasteiger partial charge in [-0.05, 0) is 74.6 Å². The highest BCUT2D eigenvalue weighted by atomic mass is 16.2. The molecule has 0 bridgehead atoms. The topological polar surface area (TPSA) is 81.8 Å². The van der Waals surface area contributed by atoms with Gasteiger partial charge in [0.1, 0.15) is 12.2 Å². The van der Waals surface area contributed by atoms with Gasteiger partial charge in [-0.1, -0.05) is 23.8 Å². The SMILES string of the molecule is Cc1ccc(NC(=O)CN2C(=O)NC(=Cc3ccc(N4CCCCC4)cc3C)C2=O)cc1. The number of anilines is 2. The summed E-state index contributed by atoms with van der Waals surface area (Å²) >= 11 is 0. The predicted molar refractivity (Wildman–Crippen MR) is 125 cm³/mol. The molecule has 0 radical (unpaired) electrons. The van der Waals surface area contributed by atoms with Crippen LogP contribution in [0.15, 0.2) is 48.2 Å². The molecule has 2 aliphatic heterocycles. The molecule has 7 nitrogen and oxygen atoms in total. The fraction of sp³-hybridized carbons (Fsp3) is 0.320. The van der Waals surface area contributed by atoms with Gasteiger partial charge < -0.3 is 15.5 Å². The van der Waals surface area contributed by atoms with Gasteiger partial charge in [0.25, 0.3) is 5.91 Å². The normalized spacial score (nSPS) is 17.6. The zero-order chi connectivity index (χ0) is 22.7. The fourth-order valence-electron chi connectivity index (χ4n) is 4.02. The first-order valence-corrected chi connectivity index (χ1v) is 11.0. The van der Waals surface area contributed by atoms with Crippen molar-refractivity contribution >= 4 is 35.3 Å². The van der Waals surface area contributed by atoms with E-state index in [4.69, 9.17) is 0 Å². The number of piperidine rings is 1. The molecule has 0 spiro atoms. The summed E-state index contributed by atoms with van der Waals surface area (Å²) in [4.78, 5) is 40.7. The molecule has 2 heterocycles. The van der Waals surface area contributed by atoms with E-state index in [0.29, 0.717) is 5.69 Å². The van der Waals surface area contributed by atoms with E-state index in [9.17, 15) is 14.4 Å². The molecule has 2 aromatic rings. The van der Waals surface area contributed by atoms with Crippen LogP contribution in [0.2, 0.25) is 0 Å². The number of nitrogens with zero attached hydrogens (tertiary/aromatic N) is 2. The minimum Gasteiger partial charge on any atom is -0.372 e. The molecule has 2 saturated heterocycles. The molecule has 2 aromatic carbocycles. The number of carbonyl (C=O) groups excluding carboxylic acids is 3. The highest BCUT2D eigenvalue weighted by Gasteiger charge is 2.35. The first-order valence-electron chi connectivity index (χ1n) is 11.0. The van der Waals surface area contributed by atoms with Gasteiger partial charge in [-0.25, -0.2) is 9.69 Å². The number of rotatable bonds is 5. The molecule has 4 amide bonds. The van der Waals surface area contributed by atoms with Crippen molar-refractivity contribution in [3.63, 3.8) is 0 Å². The van der Waals surface area contributed by atoms with E-state index in [-0.39, 0.29) is 12.2 Å². The second-order valence-electron chi connectivity index (χ2n) is 8.38. The highest BCUT2D eigenvalue weighted by Crippen LogP contribution is 2.24. The summed E-state index contributed by atoms with van der Waals surface area (Å²) in [5.74, 6) is -0.936. The standard InChI is InChI=1S/C25H28N4O3/c1-17-6-9-20(10-7-17)26-23(30)16-29-24(31)22(27-25(29)32)15-19-8-11-21(14-18(19)2)28-12-4-3-5-13-28/h6-11,14-15H,3-5,12-13,16H2,1-2H3,(H,26,30)(H,27,32). The Morgan fingerprint density at radius 2 is 1.75 bits per heavy atom. The summed E-state index contributed by atoms with van der Waals surface area (Å²) in [5, 5.41) is 5.30. The zero-order valence-corrected chi connectivity index (χ0v) is 18.5. The summed E-state index contributed by atoms with van der Waals surface area (Å²) in [6, 6.07) is 12.9. The third-order valence-electron chi connectivity index (χ3n) is 5.87. The second-order valence-corrected chi connectivity index (χ2v) is 8.38. The molecular weight excluding hydrogens is 404 g/mol. The van der Waals surface area contributed by atoms with E-state index in [0.717, 1.165) is 34.7 Å².